The molecule has 0 aliphatic rings. The van der Waals surface area contributed by atoms with E-state index in [1.54, 1.807) is 12.4 Å². The first-order chi connectivity index (χ1) is 10.2. The average molecular weight is 340 g/mol. The fourth-order valence-corrected chi connectivity index (χ4v) is 2.81. The lowest BCUT2D eigenvalue weighted by molar-refractivity contribution is 1.09. The molecule has 3 heterocycles. The lowest BCUT2D eigenvalue weighted by Crippen LogP contribution is -2.02. The number of nitrogens with two attached hydrogens (primary N) is 1. The summed E-state index contributed by atoms with van der Waals surface area (Å²) >= 11 is 3.40. The van der Waals surface area contributed by atoms with Gasteiger partial charge in [-0.1, -0.05) is 12.1 Å². The molecular formula is C15H10BrN5. The second-order valence-electron chi connectivity index (χ2n) is 4.68. The highest BCUT2D eigenvalue weighted by Crippen LogP contribution is 2.28. The highest BCUT2D eigenvalue weighted by Gasteiger charge is 2.13. The van der Waals surface area contributed by atoms with Crippen molar-refractivity contribution < 1.29 is 0 Å². The van der Waals surface area contributed by atoms with Crippen LogP contribution >= 0.6 is 15.9 Å². The van der Waals surface area contributed by atoms with Gasteiger partial charge in [0, 0.05) is 33.8 Å². The van der Waals surface area contributed by atoms with Gasteiger partial charge in [0.1, 0.15) is 5.52 Å². The van der Waals surface area contributed by atoms with Crippen LogP contribution in [-0.2, 0) is 0 Å². The molecule has 0 aliphatic heterocycles. The molecule has 3 aromatic heterocycles. The lowest BCUT2D eigenvalue weighted by Gasteiger charge is -2.09. The van der Waals surface area contributed by atoms with Gasteiger partial charge in [-0.05, 0) is 34.1 Å². The van der Waals surface area contributed by atoms with E-state index in [-0.39, 0.29) is 0 Å². The van der Waals surface area contributed by atoms with E-state index >= 15 is 0 Å². The molecule has 6 heteroatoms. The zero-order valence-corrected chi connectivity index (χ0v) is 12.4. The van der Waals surface area contributed by atoms with Crippen LogP contribution in [0.25, 0.3) is 27.6 Å². The maximum absolute atomic E-state index is 6.11. The second-order valence-corrected chi connectivity index (χ2v) is 5.59. The molecule has 2 N–H and O–H groups in total. The molecule has 0 bridgehead atoms. The van der Waals surface area contributed by atoms with Crippen molar-refractivity contribution in [2.75, 3.05) is 5.73 Å². The Kier molecular flexibility index (Phi) is 2.65. The maximum Gasteiger partial charge on any atom is 0.207 e. The Bertz CT molecular complexity index is 971. The van der Waals surface area contributed by atoms with E-state index in [0.29, 0.717) is 5.95 Å². The average Bonchev–Trinajstić information content (AvgIpc) is 2.81. The molecule has 0 atom stereocenters. The molecule has 0 saturated carbocycles. The quantitative estimate of drug-likeness (QED) is 0.577. The maximum atomic E-state index is 6.11. The van der Waals surface area contributed by atoms with E-state index in [1.165, 1.54) is 0 Å². The SMILES string of the molecule is Nc1nc2cc(Br)cnc2n1-c1cccc2cnccc12. The molecule has 5 nitrogen and oxygen atoms in total. The van der Waals surface area contributed by atoms with Gasteiger partial charge in [-0.2, -0.15) is 0 Å². The lowest BCUT2D eigenvalue weighted by atomic mass is 10.1. The van der Waals surface area contributed by atoms with Crippen molar-refractivity contribution in [2.24, 2.45) is 0 Å². The summed E-state index contributed by atoms with van der Waals surface area (Å²) in [5.74, 6) is 0.417. The largest absolute Gasteiger partial charge is 0.369 e. The van der Waals surface area contributed by atoms with Crippen LogP contribution in [0.15, 0.2) is 53.4 Å². The van der Waals surface area contributed by atoms with Crippen LogP contribution in [0.4, 0.5) is 5.95 Å². The molecule has 0 unspecified atom stereocenters. The number of anilines is 1. The Morgan fingerprint density at radius 3 is 2.95 bits per heavy atom. The third kappa shape index (κ3) is 1.87. The molecule has 1 aromatic carbocycles. The molecule has 0 fully saturated rings. The molecule has 0 amide bonds. The highest BCUT2D eigenvalue weighted by atomic mass is 79.9. The number of hydrogen-bond donors (Lipinski definition) is 1. The summed E-state index contributed by atoms with van der Waals surface area (Å²) in [5.41, 5.74) is 8.55. The van der Waals surface area contributed by atoms with E-state index in [2.05, 4.69) is 30.9 Å². The Labute approximate surface area is 128 Å². The van der Waals surface area contributed by atoms with E-state index in [0.717, 1.165) is 32.1 Å². The van der Waals surface area contributed by atoms with Crippen LogP contribution in [0.1, 0.15) is 0 Å². The fourth-order valence-electron chi connectivity index (χ4n) is 2.50. The van der Waals surface area contributed by atoms with Crippen molar-refractivity contribution in [1.82, 2.24) is 19.5 Å². The summed E-state index contributed by atoms with van der Waals surface area (Å²) < 4.78 is 2.74. The van der Waals surface area contributed by atoms with Crippen LogP contribution < -0.4 is 5.73 Å². The monoisotopic (exact) mass is 339 g/mol. The van der Waals surface area contributed by atoms with Gasteiger partial charge in [0.2, 0.25) is 5.95 Å². The fraction of sp³-hybridized carbons (Fsp3) is 0. The van der Waals surface area contributed by atoms with Crippen LogP contribution in [0.2, 0.25) is 0 Å². The van der Waals surface area contributed by atoms with Crippen molar-refractivity contribution >= 4 is 43.8 Å². The Morgan fingerprint density at radius 2 is 2.05 bits per heavy atom. The third-order valence-corrected chi connectivity index (χ3v) is 3.82. The zero-order chi connectivity index (χ0) is 14.4. The number of imidazole rings is 1. The summed E-state index contributed by atoms with van der Waals surface area (Å²) in [4.78, 5) is 13.0. The normalized spacial score (nSPS) is 11.3. The van der Waals surface area contributed by atoms with Gasteiger partial charge in [-0.3, -0.25) is 9.55 Å². The topological polar surface area (TPSA) is 69.6 Å². The Morgan fingerprint density at radius 1 is 1.14 bits per heavy atom. The van der Waals surface area contributed by atoms with Crippen molar-refractivity contribution in [1.29, 1.82) is 0 Å². The van der Waals surface area contributed by atoms with Crippen molar-refractivity contribution in [3.63, 3.8) is 0 Å². The first-order valence-corrected chi connectivity index (χ1v) is 7.16. The van der Waals surface area contributed by atoms with Crippen molar-refractivity contribution in [3.8, 4) is 5.69 Å². The number of benzene rings is 1. The van der Waals surface area contributed by atoms with Gasteiger partial charge in [0.25, 0.3) is 0 Å². The van der Waals surface area contributed by atoms with Gasteiger partial charge >= 0.3 is 0 Å². The third-order valence-electron chi connectivity index (χ3n) is 3.39. The highest BCUT2D eigenvalue weighted by molar-refractivity contribution is 9.10. The molecule has 0 radical (unpaired) electrons. The van der Waals surface area contributed by atoms with Crippen LogP contribution in [0.5, 0.6) is 0 Å². The van der Waals surface area contributed by atoms with Gasteiger partial charge in [0.15, 0.2) is 5.65 Å². The van der Waals surface area contributed by atoms with E-state index in [1.807, 2.05) is 41.1 Å². The number of pyridine rings is 2. The molecule has 4 rings (SSSR count). The Hall–Kier alpha value is -2.47. The first-order valence-electron chi connectivity index (χ1n) is 6.36. The van der Waals surface area contributed by atoms with Gasteiger partial charge in [-0.25, -0.2) is 9.97 Å². The van der Waals surface area contributed by atoms with Gasteiger partial charge < -0.3 is 5.73 Å². The van der Waals surface area contributed by atoms with Crippen LogP contribution in [-0.4, -0.2) is 19.5 Å². The number of nitrogens with zero attached hydrogens (tertiary/aromatic N) is 4. The Balaban J connectivity index is 2.11. The number of halogens is 1. The number of rotatable bonds is 1. The van der Waals surface area contributed by atoms with E-state index in [4.69, 9.17) is 5.73 Å². The number of hydrogen-bond acceptors (Lipinski definition) is 4. The standard InChI is InChI=1S/C15H10BrN5/c16-10-6-12-14(19-8-10)21(15(17)20-12)13-3-1-2-9-7-18-5-4-11(9)13/h1-8H,(H2,17,20). The smallest absolute Gasteiger partial charge is 0.207 e. The summed E-state index contributed by atoms with van der Waals surface area (Å²) in [5, 5.41) is 2.11. The first kappa shape index (κ1) is 12.3. The molecule has 102 valence electrons. The molecule has 0 spiro atoms. The van der Waals surface area contributed by atoms with Crippen LogP contribution in [0.3, 0.4) is 0 Å². The summed E-state index contributed by atoms with van der Waals surface area (Å²) in [6, 6.07) is 9.87. The number of nitrogen functional groups attached to an aromatic ring is 1. The van der Waals surface area contributed by atoms with E-state index < -0.39 is 0 Å². The minimum atomic E-state index is 0.417. The molecule has 21 heavy (non-hydrogen) atoms. The zero-order valence-electron chi connectivity index (χ0n) is 10.9. The molecule has 4 aromatic rings. The predicted octanol–water partition coefficient (Wildman–Crippen LogP) is 3.31. The van der Waals surface area contributed by atoms with Gasteiger partial charge in [0.05, 0.1) is 5.69 Å². The van der Waals surface area contributed by atoms with Gasteiger partial charge in [-0.15, -0.1) is 0 Å². The minimum Gasteiger partial charge on any atom is -0.369 e. The van der Waals surface area contributed by atoms with Crippen LogP contribution in [0, 0.1) is 0 Å². The summed E-state index contributed by atoms with van der Waals surface area (Å²) in [6.45, 7) is 0. The molecular weight excluding hydrogens is 330 g/mol. The molecule has 0 aliphatic carbocycles. The predicted molar refractivity (Wildman–Crippen MR) is 86.3 cm³/mol. The summed E-state index contributed by atoms with van der Waals surface area (Å²) in [6.07, 6.45) is 5.34. The molecule has 0 saturated heterocycles. The van der Waals surface area contributed by atoms with Crippen molar-refractivity contribution in [2.45, 2.75) is 0 Å². The van der Waals surface area contributed by atoms with E-state index in [9.17, 15) is 0 Å². The second kappa shape index (κ2) is 4.53. The number of fused-ring (bicyclic) bond motifs is 2. The number of aromatic nitrogens is 4. The minimum absolute atomic E-state index is 0.417. The summed E-state index contributed by atoms with van der Waals surface area (Å²) in [7, 11) is 0. The van der Waals surface area contributed by atoms with Crippen molar-refractivity contribution in [3.05, 3.63) is 53.4 Å².